The Balaban J connectivity index is 2.58. The molecular formula is C9H13FO2. The first-order valence-electron chi connectivity index (χ1n) is 4.20. The molecule has 0 fully saturated rings. The van der Waals surface area contributed by atoms with Crippen LogP contribution in [0.15, 0.2) is 12.2 Å². The number of carbonyl (C=O) groups excluding carboxylic acids is 1. The third kappa shape index (κ3) is 1.84. The van der Waals surface area contributed by atoms with Crippen molar-refractivity contribution in [1.82, 2.24) is 0 Å². The second kappa shape index (κ2) is 3.70. The van der Waals surface area contributed by atoms with E-state index in [1.165, 1.54) is 0 Å². The van der Waals surface area contributed by atoms with E-state index in [9.17, 15) is 9.18 Å². The summed E-state index contributed by atoms with van der Waals surface area (Å²) in [5.41, 5.74) is -1.76. The molecule has 0 spiro atoms. The van der Waals surface area contributed by atoms with Gasteiger partial charge in [-0.3, -0.25) is 0 Å². The number of halogens is 1. The predicted molar refractivity (Wildman–Crippen MR) is 43.5 cm³/mol. The zero-order valence-electron chi connectivity index (χ0n) is 7.18. The molecule has 1 aliphatic carbocycles. The Hall–Kier alpha value is -0.860. The molecule has 0 saturated carbocycles. The van der Waals surface area contributed by atoms with Gasteiger partial charge in [0.15, 0.2) is 0 Å². The summed E-state index contributed by atoms with van der Waals surface area (Å²) >= 11 is 0. The molecule has 1 rings (SSSR count). The Kier molecular flexibility index (Phi) is 2.84. The minimum atomic E-state index is -1.76. The molecule has 0 N–H and O–H groups in total. The topological polar surface area (TPSA) is 26.3 Å². The molecule has 68 valence electrons. The maximum atomic E-state index is 13.6. The van der Waals surface area contributed by atoms with E-state index >= 15 is 0 Å². The fourth-order valence-electron chi connectivity index (χ4n) is 1.25. The summed E-state index contributed by atoms with van der Waals surface area (Å²) in [4.78, 5) is 11.1. The Morgan fingerprint density at radius 2 is 2.42 bits per heavy atom. The maximum Gasteiger partial charge on any atom is 0.344 e. The molecule has 0 unspecified atom stereocenters. The van der Waals surface area contributed by atoms with Crippen LogP contribution in [0.5, 0.6) is 0 Å². The van der Waals surface area contributed by atoms with E-state index in [0.717, 1.165) is 0 Å². The molecule has 0 aliphatic heterocycles. The molecule has 12 heavy (non-hydrogen) atoms. The van der Waals surface area contributed by atoms with Crippen LogP contribution in [0.4, 0.5) is 4.39 Å². The van der Waals surface area contributed by atoms with Gasteiger partial charge in [0, 0.05) is 6.42 Å². The molecule has 1 aliphatic rings. The smallest absolute Gasteiger partial charge is 0.344 e. The van der Waals surface area contributed by atoms with Crippen molar-refractivity contribution in [3.63, 3.8) is 0 Å². The second-order valence-electron chi connectivity index (χ2n) is 2.90. The van der Waals surface area contributed by atoms with Crippen LogP contribution in [-0.2, 0) is 9.53 Å². The van der Waals surface area contributed by atoms with Crippen molar-refractivity contribution in [2.45, 2.75) is 31.9 Å². The van der Waals surface area contributed by atoms with Crippen LogP contribution in [-0.4, -0.2) is 18.2 Å². The minimum Gasteiger partial charge on any atom is -0.464 e. The largest absolute Gasteiger partial charge is 0.464 e. The van der Waals surface area contributed by atoms with Crippen molar-refractivity contribution >= 4 is 5.97 Å². The summed E-state index contributed by atoms with van der Waals surface area (Å²) in [6, 6.07) is 0. The number of esters is 1. The van der Waals surface area contributed by atoms with Gasteiger partial charge in [-0.15, -0.1) is 0 Å². The number of hydrogen-bond donors (Lipinski definition) is 0. The zero-order valence-corrected chi connectivity index (χ0v) is 7.18. The number of rotatable bonds is 2. The average molecular weight is 172 g/mol. The highest BCUT2D eigenvalue weighted by molar-refractivity contribution is 5.79. The fourth-order valence-corrected chi connectivity index (χ4v) is 1.25. The summed E-state index contributed by atoms with van der Waals surface area (Å²) in [5.74, 6) is -0.714. The average Bonchev–Trinajstić information content (AvgIpc) is 2.06. The highest BCUT2D eigenvalue weighted by Gasteiger charge is 2.39. The predicted octanol–water partition coefficient (Wildman–Crippen LogP) is 2.00. The van der Waals surface area contributed by atoms with Crippen LogP contribution in [0.25, 0.3) is 0 Å². The van der Waals surface area contributed by atoms with Gasteiger partial charge in [-0.2, -0.15) is 0 Å². The van der Waals surface area contributed by atoms with E-state index in [4.69, 9.17) is 0 Å². The Morgan fingerprint density at radius 3 is 2.92 bits per heavy atom. The molecule has 0 aromatic rings. The number of alkyl halides is 1. The molecule has 3 heteroatoms. The summed E-state index contributed by atoms with van der Waals surface area (Å²) in [6.45, 7) is 1.92. The molecule has 0 amide bonds. The number of carbonyl (C=O) groups is 1. The van der Waals surface area contributed by atoms with Crippen molar-refractivity contribution in [1.29, 1.82) is 0 Å². The van der Waals surface area contributed by atoms with E-state index in [1.807, 2.05) is 6.08 Å². The molecule has 0 aromatic heterocycles. The van der Waals surface area contributed by atoms with Crippen LogP contribution < -0.4 is 0 Å². The van der Waals surface area contributed by atoms with Gasteiger partial charge < -0.3 is 4.74 Å². The van der Waals surface area contributed by atoms with Gasteiger partial charge in [0.1, 0.15) is 0 Å². The number of ether oxygens (including phenoxy) is 1. The van der Waals surface area contributed by atoms with E-state index in [0.29, 0.717) is 6.42 Å². The Bertz CT molecular complexity index is 201. The lowest BCUT2D eigenvalue weighted by Crippen LogP contribution is -2.36. The number of allylic oxidation sites excluding steroid dienone is 2. The van der Waals surface area contributed by atoms with E-state index < -0.39 is 11.6 Å². The minimum absolute atomic E-state index is 0.159. The maximum absolute atomic E-state index is 13.6. The number of hydrogen-bond acceptors (Lipinski definition) is 2. The van der Waals surface area contributed by atoms with Crippen LogP contribution in [0.3, 0.4) is 0 Å². The van der Waals surface area contributed by atoms with Crippen molar-refractivity contribution in [2.75, 3.05) is 6.61 Å². The van der Waals surface area contributed by atoms with Gasteiger partial charge >= 0.3 is 5.97 Å². The highest BCUT2D eigenvalue weighted by Crippen LogP contribution is 2.28. The van der Waals surface area contributed by atoms with Gasteiger partial charge in [-0.05, 0) is 19.8 Å². The third-order valence-corrected chi connectivity index (χ3v) is 1.96. The molecule has 2 nitrogen and oxygen atoms in total. The first-order valence-corrected chi connectivity index (χ1v) is 4.20. The third-order valence-electron chi connectivity index (χ3n) is 1.96. The van der Waals surface area contributed by atoms with Crippen molar-refractivity contribution in [3.05, 3.63) is 12.2 Å². The van der Waals surface area contributed by atoms with Crippen LogP contribution in [0.1, 0.15) is 26.2 Å². The SMILES string of the molecule is CCOC(=O)[C@]1(F)CC=CCC1. The monoisotopic (exact) mass is 172 g/mol. The lowest BCUT2D eigenvalue weighted by molar-refractivity contribution is -0.157. The zero-order chi connectivity index (χ0) is 9.03. The molecule has 1 atom stereocenters. The van der Waals surface area contributed by atoms with Crippen molar-refractivity contribution in [2.24, 2.45) is 0 Å². The molecule has 0 heterocycles. The molecule has 0 radical (unpaired) electrons. The summed E-state index contributed by atoms with van der Waals surface area (Å²) < 4.78 is 18.3. The van der Waals surface area contributed by atoms with Gasteiger partial charge in [0.05, 0.1) is 6.61 Å². The normalized spacial score (nSPS) is 28.5. The summed E-state index contributed by atoms with van der Waals surface area (Å²) in [7, 11) is 0. The quantitative estimate of drug-likeness (QED) is 0.470. The van der Waals surface area contributed by atoms with Gasteiger partial charge in [0.25, 0.3) is 0 Å². The summed E-state index contributed by atoms with van der Waals surface area (Å²) in [5, 5.41) is 0. The van der Waals surface area contributed by atoms with E-state index in [-0.39, 0.29) is 19.4 Å². The van der Waals surface area contributed by atoms with E-state index in [1.54, 1.807) is 13.0 Å². The second-order valence-corrected chi connectivity index (χ2v) is 2.90. The van der Waals surface area contributed by atoms with Crippen molar-refractivity contribution in [3.8, 4) is 0 Å². The molecule has 0 bridgehead atoms. The molecular weight excluding hydrogens is 159 g/mol. The molecule has 0 aromatic carbocycles. The Morgan fingerprint density at radius 1 is 1.67 bits per heavy atom. The van der Waals surface area contributed by atoms with Crippen molar-refractivity contribution < 1.29 is 13.9 Å². The standard InChI is InChI=1S/C9H13FO2/c1-2-12-8(11)9(10)6-4-3-5-7-9/h3-4H,2,5-7H2,1H3/t9-/m0/s1. The van der Waals surface area contributed by atoms with Gasteiger partial charge in [0.2, 0.25) is 5.67 Å². The lowest BCUT2D eigenvalue weighted by atomic mass is 9.91. The molecule has 0 saturated heterocycles. The fraction of sp³-hybridized carbons (Fsp3) is 0.667. The highest BCUT2D eigenvalue weighted by atomic mass is 19.1. The van der Waals surface area contributed by atoms with Gasteiger partial charge in [-0.25, -0.2) is 9.18 Å². The van der Waals surface area contributed by atoms with Crippen LogP contribution >= 0.6 is 0 Å². The van der Waals surface area contributed by atoms with Crippen LogP contribution in [0.2, 0.25) is 0 Å². The Labute approximate surface area is 71.4 Å². The summed E-state index contributed by atoms with van der Waals surface area (Å²) in [6.07, 6.45) is 4.61. The van der Waals surface area contributed by atoms with E-state index in [2.05, 4.69) is 4.74 Å². The lowest BCUT2D eigenvalue weighted by Gasteiger charge is -2.23. The first-order chi connectivity index (χ1) is 5.69. The van der Waals surface area contributed by atoms with Crippen LogP contribution in [0, 0.1) is 0 Å². The first kappa shape index (κ1) is 9.23. The van der Waals surface area contributed by atoms with Gasteiger partial charge in [-0.1, -0.05) is 12.2 Å².